The second kappa shape index (κ2) is 5.12. The number of benzene rings is 1. The lowest BCUT2D eigenvalue weighted by Gasteiger charge is -2.15. The van der Waals surface area contributed by atoms with E-state index in [1.807, 2.05) is 24.3 Å². The Morgan fingerprint density at radius 3 is 2.73 bits per heavy atom. The number of hydrogen-bond acceptors (Lipinski definition) is 2. The van der Waals surface area contributed by atoms with Crippen molar-refractivity contribution in [2.45, 2.75) is 25.9 Å². The first-order chi connectivity index (χ1) is 7.01. The van der Waals surface area contributed by atoms with Gasteiger partial charge in [0.05, 0.1) is 0 Å². The van der Waals surface area contributed by atoms with Gasteiger partial charge >= 0.3 is 0 Å². The summed E-state index contributed by atoms with van der Waals surface area (Å²) in [5.74, 6) is 0.701. The lowest BCUT2D eigenvalue weighted by atomic mass is 10.1. The number of rotatable bonds is 5. The van der Waals surface area contributed by atoms with Gasteiger partial charge in [-0.15, -0.1) is 0 Å². The van der Waals surface area contributed by atoms with Crippen molar-refractivity contribution in [2.24, 2.45) is 5.73 Å². The van der Waals surface area contributed by atoms with Crippen LogP contribution < -0.4 is 10.5 Å². The average molecular weight is 211 g/mol. The third-order valence-electron chi connectivity index (χ3n) is 1.91. The summed E-state index contributed by atoms with van der Waals surface area (Å²) in [5.41, 5.74) is 5.27. The first-order valence-corrected chi connectivity index (χ1v) is 5.12. The molecule has 0 saturated heterocycles. The van der Waals surface area contributed by atoms with E-state index < -0.39 is 5.67 Å². The van der Waals surface area contributed by atoms with Crippen LogP contribution in [0.2, 0.25) is 0 Å². The van der Waals surface area contributed by atoms with Crippen LogP contribution in [0, 0.1) is 0 Å². The summed E-state index contributed by atoms with van der Waals surface area (Å²) in [6, 6.07) is 7.61. The van der Waals surface area contributed by atoms with Gasteiger partial charge in [0.2, 0.25) is 0 Å². The van der Waals surface area contributed by atoms with E-state index in [1.54, 1.807) is 0 Å². The van der Waals surface area contributed by atoms with Crippen molar-refractivity contribution in [1.82, 2.24) is 0 Å². The third-order valence-corrected chi connectivity index (χ3v) is 1.91. The lowest BCUT2D eigenvalue weighted by Crippen LogP contribution is -2.22. The van der Waals surface area contributed by atoms with E-state index in [4.69, 9.17) is 10.5 Å². The highest BCUT2D eigenvalue weighted by Gasteiger charge is 2.16. The van der Waals surface area contributed by atoms with Crippen LogP contribution in [0.4, 0.5) is 4.39 Å². The summed E-state index contributed by atoms with van der Waals surface area (Å²) in [6.07, 6.45) is 0.816. The summed E-state index contributed by atoms with van der Waals surface area (Å²) in [6.45, 7) is 3.67. The molecule has 0 atom stereocenters. The number of alkyl halides is 1. The third kappa shape index (κ3) is 4.79. The van der Waals surface area contributed by atoms with Crippen molar-refractivity contribution in [2.75, 3.05) is 13.2 Å². The van der Waals surface area contributed by atoms with E-state index in [-0.39, 0.29) is 6.61 Å². The minimum Gasteiger partial charge on any atom is -0.490 e. The SMILES string of the molecule is CC(C)(F)COc1cccc(CCN)c1. The van der Waals surface area contributed by atoms with Gasteiger partial charge in [-0.3, -0.25) is 0 Å². The van der Waals surface area contributed by atoms with Crippen LogP contribution in [0.5, 0.6) is 5.75 Å². The summed E-state index contributed by atoms with van der Waals surface area (Å²) >= 11 is 0. The Hall–Kier alpha value is -1.09. The topological polar surface area (TPSA) is 35.2 Å². The van der Waals surface area contributed by atoms with Gasteiger partial charge in [0.1, 0.15) is 18.0 Å². The molecule has 3 heteroatoms. The Balaban J connectivity index is 2.57. The molecule has 0 aliphatic rings. The van der Waals surface area contributed by atoms with Gasteiger partial charge in [0, 0.05) is 0 Å². The highest BCUT2D eigenvalue weighted by molar-refractivity contribution is 5.28. The maximum Gasteiger partial charge on any atom is 0.139 e. The molecule has 0 spiro atoms. The maximum atomic E-state index is 13.2. The molecule has 0 saturated carbocycles. The fourth-order valence-corrected chi connectivity index (χ4v) is 1.21. The Labute approximate surface area is 90.2 Å². The zero-order valence-corrected chi connectivity index (χ0v) is 9.29. The van der Waals surface area contributed by atoms with E-state index in [2.05, 4.69) is 0 Å². The molecular formula is C12H18FNO. The summed E-state index contributed by atoms with van der Waals surface area (Å²) in [5, 5.41) is 0. The normalized spacial score (nSPS) is 11.5. The average Bonchev–Trinajstić information content (AvgIpc) is 2.15. The Bertz CT molecular complexity index is 307. The van der Waals surface area contributed by atoms with Crippen molar-refractivity contribution >= 4 is 0 Å². The van der Waals surface area contributed by atoms with Gasteiger partial charge < -0.3 is 10.5 Å². The number of halogens is 1. The molecule has 2 N–H and O–H groups in total. The van der Waals surface area contributed by atoms with Crippen molar-refractivity contribution in [3.63, 3.8) is 0 Å². The number of hydrogen-bond donors (Lipinski definition) is 1. The van der Waals surface area contributed by atoms with Crippen LogP contribution in [0.1, 0.15) is 19.4 Å². The molecule has 0 unspecified atom stereocenters. The standard InChI is InChI=1S/C12H18FNO/c1-12(2,13)9-15-11-5-3-4-10(8-11)6-7-14/h3-5,8H,6-7,9,14H2,1-2H3. The van der Waals surface area contributed by atoms with E-state index >= 15 is 0 Å². The van der Waals surface area contributed by atoms with Gasteiger partial charge in [-0.1, -0.05) is 12.1 Å². The predicted molar refractivity (Wildman–Crippen MR) is 59.9 cm³/mol. The maximum absolute atomic E-state index is 13.2. The molecule has 0 heterocycles. The van der Waals surface area contributed by atoms with E-state index in [0.717, 1.165) is 12.0 Å². The monoisotopic (exact) mass is 211 g/mol. The number of ether oxygens (including phenoxy) is 1. The molecule has 2 nitrogen and oxygen atoms in total. The van der Waals surface area contributed by atoms with E-state index in [0.29, 0.717) is 12.3 Å². The summed E-state index contributed by atoms with van der Waals surface area (Å²) in [4.78, 5) is 0. The van der Waals surface area contributed by atoms with Gasteiger partial charge in [0.25, 0.3) is 0 Å². The van der Waals surface area contributed by atoms with Gasteiger partial charge in [0.15, 0.2) is 0 Å². The minimum atomic E-state index is -1.30. The molecule has 0 aromatic heterocycles. The minimum absolute atomic E-state index is 0.0685. The molecule has 0 amide bonds. The van der Waals surface area contributed by atoms with Crippen LogP contribution in [0.3, 0.4) is 0 Å². The largest absolute Gasteiger partial charge is 0.490 e. The molecule has 0 bridgehead atoms. The predicted octanol–water partition coefficient (Wildman–Crippen LogP) is 2.31. The van der Waals surface area contributed by atoms with Crippen LogP contribution in [-0.2, 0) is 6.42 Å². The highest BCUT2D eigenvalue weighted by Crippen LogP contribution is 2.16. The lowest BCUT2D eigenvalue weighted by molar-refractivity contribution is 0.120. The van der Waals surface area contributed by atoms with Crippen LogP contribution in [-0.4, -0.2) is 18.8 Å². The first-order valence-electron chi connectivity index (χ1n) is 5.12. The van der Waals surface area contributed by atoms with E-state index in [1.165, 1.54) is 13.8 Å². The first kappa shape index (κ1) is 12.0. The molecule has 0 radical (unpaired) electrons. The Morgan fingerprint density at radius 1 is 1.40 bits per heavy atom. The second-order valence-corrected chi connectivity index (χ2v) is 4.19. The van der Waals surface area contributed by atoms with Crippen molar-refractivity contribution in [3.8, 4) is 5.75 Å². The molecule has 15 heavy (non-hydrogen) atoms. The number of nitrogens with two attached hydrogens (primary N) is 1. The summed E-state index contributed by atoms with van der Waals surface area (Å²) in [7, 11) is 0. The van der Waals surface area contributed by atoms with Crippen molar-refractivity contribution in [1.29, 1.82) is 0 Å². The Kier molecular flexibility index (Phi) is 4.09. The molecule has 84 valence electrons. The Morgan fingerprint density at radius 2 is 2.13 bits per heavy atom. The molecule has 0 fully saturated rings. The quantitative estimate of drug-likeness (QED) is 0.811. The molecule has 1 aromatic rings. The van der Waals surface area contributed by atoms with Crippen LogP contribution in [0.25, 0.3) is 0 Å². The molecule has 0 aliphatic heterocycles. The summed E-state index contributed by atoms with van der Waals surface area (Å²) < 4.78 is 18.5. The zero-order chi connectivity index (χ0) is 11.3. The van der Waals surface area contributed by atoms with Gasteiger partial charge in [-0.25, -0.2) is 4.39 Å². The van der Waals surface area contributed by atoms with Crippen LogP contribution in [0.15, 0.2) is 24.3 Å². The zero-order valence-electron chi connectivity index (χ0n) is 9.29. The second-order valence-electron chi connectivity index (χ2n) is 4.19. The van der Waals surface area contributed by atoms with Crippen molar-refractivity contribution < 1.29 is 9.13 Å². The fourth-order valence-electron chi connectivity index (χ4n) is 1.21. The van der Waals surface area contributed by atoms with Crippen molar-refractivity contribution in [3.05, 3.63) is 29.8 Å². The molecule has 0 aliphatic carbocycles. The van der Waals surface area contributed by atoms with Gasteiger partial charge in [-0.05, 0) is 44.5 Å². The van der Waals surface area contributed by atoms with Gasteiger partial charge in [-0.2, -0.15) is 0 Å². The molecule has 1 rings (SSSR count). The molecule has 1 aromatic carbocycles. The van der Waals surface area contributed by atoms with E-state index in [9.17, 15) is 4.39 Å². The van der Waals surface area contributed by atoms with Crippen LogP contribution >= 0.6 is 0 Å². The molecular weight excluding hydrogens is 193 g/mol. The fraction of sp³-hybridized carbons (Fsp3) is 0.500. The smallest absolute Gasteiger partial charge is 0.139 e. The highest BCUT2D eigenvalue weighted by atomic mass is 19.1.